The average molecular weight is 550 g/mol. The van der Waals surface area contributed by atoms with Crippen molar-refractivity contribution in [3.8, 4) is 11.5 Å². The number of hydrogen-bond donors (Lipinski definition) is 2. The zero-order valence-corrected chi connectivity index (χ0v) is 22.9. The van der Waals surface area contributed by atoms with Gasteiger partial charge in [0.05, 0.1) is 7.11 Å². The van der Waals surface area contributed by atoms with Crippen molar-refractivity contribution in [2.24, 2.45) is 0 Å². The molecule has 1 heterocycles. The summed E-state index contributed by atoms with van der Waals surface area (Å²) < 4.78 is 40.5. The number of halogens is 2. The van der Waals surface area contributed by atoms with Gasteiger partial charge in [-0.3, -0.25) is 9.59 Å². The number of alkyl halides is 2. The van der Waals surface area contributed by atoms with Crippen molar-refractivity contribution in [2.45, 2.75) is 44.4 Å². The van der Waals surface area contributed by atoms with Crippen molar-refractivity contribution < 1.29 is 37.4 Å². The van der Waals surface area contributed by atoms with Crippen molar-refractivity contribution in [3.05, 3.63) is 59.2 Å². The number of carbonyl (C=O) groups excluding carboxylic acids is 3. The van der Waals surface area contributed by atoms with Crippen molar-refractivity contribution in [1.29, 1.82) is 0 Å². The number of amides is 3. The minimum absolute atomic E-state index is 0.0393. The Morgan fingerprint density at radius 3 is 2.39 bits per heavy atom. The molecule has 9 nitrogen and oxygen atoms in total. The van der Waals surface area contributed by atoms with Gasteiger partial charge in [-0.15, -0.1) is 0 Å². The number of aldehydes is 1. The molecule has 0 bridgehead atoms. The largest absolute Gasteiger partial charge is 0.497 e. The Hall–Kier alpha value is -3.35. The Morgan fingerprint density at radius 1 is 1.11 bits per heavy atom. The van der Waals surface area contributed by atoms with Crippen molar-refractivity contribution in [2.75, 3.05) is 27.0 Å². The molecule has 2 N–H and O–H groups in total. The SMILES string of the molecule is COc1ccc(CNC[C@@]2(c3ccc(OC(F)F)cc3)NC(=O)N(COCC[Si](C)(C)C)C2=O)c(C=O)c1. The highest BCUT2D eigenvalue weighted by Gasteiger charge is 2.52. The predicted molar refractivity (Wildman–Crippen MR) is 139 cm³/mol. The summed E-state index contributed by atoms with van der Waals surface area (Å²) in [7, 11) is 0.131. The number of carbonyl (C=O) groups is 3. The van der Waals surface area contributed by atoms with Crippen LogP contribution in [0.15, 0.2) is 42.5 Å². The minimum atomic E-state index is -3.00. The molecule has 206 valence electrons. The van der Waals surface area contributed by atoms with E-state index in [1.54, 1.807) is 18.2 Å². The number of methoxy groups -OCH3 is 1. The van der Waals surface area contributed by atoms with Crippen LogP contribution in [0.25, 0.3) is 0 Å². The average Bonchev–Trinajstić information content (AvgIpc) is 3.11. The molecule has 0 spiro atoms. The van der Waals surface area contributed by atoms with E-state index in [2.05, 4.69) is 35.0 Å². The van der Waals surface area contributed by atoms with Crippen LogP contribution in [0.1, 0.15) is 21.5 Å². The molecule has 1 fully saturated rings. The lowest BCUT2D eigenvalue weighted by Crippen LogP contribution is -2.51. The number of urea groups is 1. The van der Waals surface area contributed by atoms with Crippen LogP contribution in [-0.2, 0) is 21.6 Å². The number of hydrogen-bond acceptors (Lipinski definition) is 7. The Morgan fingerprint density at radius 2 is 1.79 bits per heavy atom. The lowest BCUT2D eigenvalue weighted by Gasteiger charge is -2.28. The zero-order valence-electron chi connectivity index (χ0n) is 21.9. The van der Waals surface area contributed by atoms with E-state index in [1.165, 1.54) is 31.4 Å². The molecule has 12 heteroatoms. The molecule has 1 aliphatic rings. The van der Waals surface area contributed by atoms with E-state index >= 15 is 0 Å². The zero-order chi connectivity index (χ0) is 27.9. The first kappa shape index (κ1) is 29.2. The molecule has 38 heavy (non-hydrogen) atoms. The van der Waals surface area contributed by atoms with Gasteiger partial charge in [0.1, 0.15) is 18.2 Å². The molecule has 0 aromatic heterocycles. The maximum atomic E-state index is 13.6. The maximum absolute atomic E-state index is 13.6. The van der Waals surface area contributed by atoms with E-state index in [4.69, 9.17) is 9.47 Å². The molecular formula is C26H33F2N3O6Si. The van der Waals surface area contributed by atoms with E-state index in [0.29, 0.717) is 35.3 Å². The van der Waals surface area contributed by atoms with E-state index in [0.717, 1.165) is 10.9 Å². The highest BCUT2D eigenvalue weighted by atomic mass is 28.3. The summed E-state index contributed by atoms with van der Waals surface area (Å²) in [6, 6.07) is 10.8. The fourth-order valence-electron chi connectivity index (χ4n) is 3.97. The normalized spacial score (nSPS) is 17.6. The molecule has 3 amide bonds. The first-order valence-electron chi connectivity index (χ1n) is 12.1. The molecule has 0 aliphatic carbocycles. The van der Waals surface area contributed by atoms with Gasteiger partial charge in [-0.05, 0) is 41.4 Å². The highest BCUT2D eigenvalue weighted by Crippen LogP contribution is 2.31. The molecule has 3 rings (SSSR count). The molecule has 1 saturated heterocycles. The highest BCUT2D eigenvalue weighted by molar-refractivity contribution is 6.76. The number of nitrogens with one attached hydrogen (secondary N) is 2. The number of rotatable bonds is 14. The second kappa shape index (κ2) is 12.5. The number of nitrogens with zero attached hydrogens (tertiary/aromatic N) is 1. The second-order valence-corrected chi connectivity index (χ2v) is 15.7. The van der Waals surface area contributed by atoms with Crippen molar-refractivity contribution in [3.63, 3.8) is 0 Å². The third-order valence-corrected chi connectivity index (χ3v) is 7.85. The summed E-state index contributed by atoms with van der Waals surface area (Å²) in [4.78, 5) is 39.1. The fourth-order valence-corrected chi connectivity index (χ4v) is 4.73. The molecular weight excluding hydrogens is 516 g/mol. The van der Waals surface area contributed by atoms with E-state index in [9.17, 15) is 23.2 Å². The lowest BCUT2D eigenvalue weighted by atomic mass is 9.89. The first-order chi connectivity index (χ1) is 18.0. The second-order valence-electron chi connectivity index (χ2n) is 10.1. The van der Waals surface area contributed by atoms with Gasteiger partial charge in [0.25, 0.3) is 5.91 Å². The minimum Gasteiger partial charge on any atom is -0.497 e. The Kier molecular flexibility index (Phi) is 9.58. The van der Waals surface area contributed by atoms with E-state index < -0.39 is 32.2 Å². The summed E-state index contributed by atoms with van der Waals surface area (Å²) in [5.74, 6) is -0.0960. The quantitative estimate of drug-likeness (QED) is 0.159. The molecule has 2 aromatic rings. The van der Waals surface area contributed by atoms with Gasteiger partial charge in [0.15, 0.2) is 11.8 Å². The number of benzene rings is 2. The summed E-state index contributed by atoms with van der Waals surface area (Å²) in [5.41, 5.74) is -0.0745. The van der Waals surface area contributed by atoms with Crippen LogP contribution >= 0.6 is 0 Å². The molecule has 1 atom stereocenters. The van der Waals surface area contributed by atoms with Crippen molar-refractivity contribution >= 4 is 26.3 Å². The standard InChI is InChI=1S/C26H33F2N3O6Si/c1-35-22-8-5-18(19(13-22)15-32)14-29-16-26(20-6-9-21(10-7-20)37-24(27)28)23(33)31(25(34)30-26)17-36-11-12-38(2,3)4/h5-10,13,15,24,29H,11-12,14,16-17H2,1-4H3,(H,30,34)/t26-/m0/s1. The maximum Gasteiger partial charge on any atom is 0.387 e. The van der Waals surface area contributed by atoms with Crippen LogP contribution < -0.4 is 20.1 Å². The number of ether oxygens (including phenoxy) is 3. The molecule has 0 saturated carbocycles. The predicted octanol–water partition coefficient (Wildman–Crippen LogP) is 3.96. The fraction of sp³-hybridized carbons (Fsp3) is 0.423. The topological polar surface area (TPSA) is 106 Å². The lowest BCUT2D eigenvalue weighted by molar-refractivity contribution is -0.135. The summed E-state index contributed by atoms with van der Waals surface area (Å²) in [5, 5.41) is 5.91. The Labute approximate surface area is 221 Å². The summed E-state index contributed by atoms with van der Waals surface area (Å²) >= 11 is 0. The van der Waals surface area contributed by atoms with Crippen LogP contribution in [0.3, 0.4) is 0 Å². The third-order valence-electron chi connectivity index (χ3n) is 6.15. The summed E-state index contributed by atoms with van der Waals surface area (Å²) in [6.07, 6.45) is 0.707. The Balaban J connectivity index is 1.82. The van der Waals surface area contributed by atoms with Crippen LogP contribution in [0.4, 0.5) is 13.6 Å². The van der Waals surface area contributed by atoms with Gasteiger partial charge in [0, 0.05) is 33.3 Å². The van der Waals surface area contributed by atoms with Crippen LogP contribution in [-0.4, -0.2) is 64.8 Å². The third kappa shape index (κ3) is 7.15. The molecule has 0 unspecified atom stereocenters. The van der Waals surface area contributed by atoms with Gasteiger partial charge >= 0.3 is 12.6 Å². The smallest absolute Gasteiger partial charge is 0.387 e. The van der Waals surface area contributed by atoms with Crippen LogP contribution in [0.2, 0.25) is 25.7 Å². The van der Waals surface area contributed by atoms with E-state index in [1.807, 2.05) is 0 Å². The first-order valence-corrected chi connectivity index (χ1v) is 15.8. The van der Waals surface area contributed by atoms with Gasteiger partial charge < -0.3 is 24.8 Å². The van der Waals surface area contributed by atoms with Gasteiger partial charge in [-0.25, -0.2) is 9.69 Å². The van der Waals surface area contributed by atoms with Gasteiger partial charge in [0.2, 0.25) is 0 Å². The van der Waals surface area contributed by atoms with Gasteiger partial charge in [-0.2, -0.15) is 8.78 Å². The van der Waals surface area contributed by atoms with Crippen LogP contribution in [0, 0.1) is 0 Å². The summed E-state index contributed by atoms with van der Waals surface area (Å²) in [6.45, 7) is 3.97. The molecule has 2 aromatic carbocycles. The monoisotopic (exact) mass is 549 g/mol. The Bertz CT molecular complexity index is 1140. The van der Waals surface area contributed by atoms with E-state index in [-0.39, 0.29) is 25.6 Å². The molecule has 1 aliphatic heterocycles. The number of imide groups is 1. The molecule has 0 radical (unpaired) electrons. The van der Waals surface area contributed by atoms with Crippen LogP contribution in [0.5, 0.6) is 11.5 Å². The van der Waals surface area contributed by atoms with Crippen molar-refractivity contribution in [1.82, 2.24) is 15.5 Å². The van der Waals surface area contributed by atoms with Gasteiger partial charge in [-0.1, -0.05) is 37.8 Å².